The van der Waals surface area contributed by atoms with Crippen LogP contribution in [0.5, 0.6) is 11.5 Å². The number of benzene rings is 1. The fraction of sp³-hybridized carbons (Fsp3) is 0.625. The molecule has 2 N–H and O–H groups in total. The van der Waals surface area contributed by atoms with Crippen molar-refractivity contribution in [2.24, 2.45) is 0 Å². The number of nitrogens with zero attached hydrogens (tertiary/aromatic N) is 1. The number of methoxy groups -OCH3 is 1. The molecule has 0 spiro atoms. The zero-order valence-corrected chi connectivity index (χ0v) is 12.9. The van der Waals surface area contributed by atoms with Crippen molar-refractivity contribution in [3.8, 4) is 11.5 Å². The lowest BCUT2D eigenvalue weighted by molar-refractivity contribution is 0.0994. The molecular weight excluding hydrogens is 268 g/mol. The van der Waals surface area contributed by atoms with E-state index in [9.17, 15) is 5.11 Å². The number of piperidine rings is 1. The van der Waals surface area contributed by atoms with Gasteiger partial charge in [-0.25, -0.2) is 0 Å². The molecule has 21 heavy (non-hydrogen) atoms. The van der Waals surface area contributed by atoms with Crippen LogP contribution in [-0.2, 0) is 0 Å². The molecule has 1 aliphatic rings. The third-order valence-electron chi connectivity index (χ3n) is 3.84. The van der Waals surface area contributed by atoms with Crippen LogP contribution in [0, 0.1) is 0 Å². The Morgan fingerprint density at radius 3 is 2.76 bits per heavy atom. The van der Waals surface area contributed by atoms with Gasteiger partial charge in [-0.05, 0) is 45.1 Å². The Labute approximate surface area is 126 Å². The largest absolute Gasteiger partial charge is 0.497 e. The Morgan fingerprint density at radius 1 is 1.33 bits per heavy atom. The lowest BCUT2D eigenvalue weighted by atomic mass is 10.1. The molecule has 1 fully saturated rings. The normalized spacial score (nSPS) is 18.4. The monoisotopic (exact) mass is 294 g/mol. The molecule has 2 rings (SSSR count). The topological polar surface area (TPSA) is 54.0 Å². The average Bonchev–Trinajstić information content (AvgIpc) is 2.52. The minimum atomic E-state index is -0.504. The summed E-state index contributed by atoms with van der Waals surface area (Å²) >= 11 is 0. The third-order valence-corrected chi connectivity index (χ3v) is 3.84. The van der Waals surface area contributed by atoms with E-state index in [1.807, 2.05) is 24.3 Å². The fourth-order valence-electron chi connectivity index (χ4n) is 2.46. The number of hydrogen-bond acceptors (Lipinski definition) is 5. The first-order valence-electron chi connectivity index (χ1n) is 7.54. The Balaban J connectivity index is 1.66. The van der Waals surface area contributed by atoms with Crippen LogP contribution in [0.25, 0.3) is 0 Å². The summed E-state index contributed by atoms with van der Waals surface area (Å²) in [4.78, 5) is 2.33. The maximum atomic E-state index is 9.99. The van der Waals surface area contributed by atoms with Gasteiger partial charge in [-0.15, -0.1) is 0 Å². The maximum absolute atomic E-state index is 9.99. The molecule has 1 unspecified atom stereocenters. The number of hydrogen-bond donors (Lipinski definition) is 2. The molecule has 0 aliphatic carbocycles. The third kappa shape index (κ3) is 5.53. The second-order valence-corrected chi connectivity index (χ2v) is 5.63. The summed E-state index contributed by atoms with van der Waals surface area (Å²) in [5.41, 5.74) is 0. The molecule has 0 aromatic heterocycles. The van der Waals surface area contributed by atoms with E-state index in [1.165, 1.54) is 0 Å². The summed E-state index contributed by atoms with van der Waals surface area (Å²) in [7, 11) is 3.77. The fourth-order valence-corrected chi connectivity index (χ4v) is 2.46. The molecule has 1 atom stereocenters. The molecule has 1 aromatic rings. The molecule has 1 heterocycles. The Hall–Kier alpha value is -1.30. The Morgan fingerprint density at radius 2 is 2.05 bits per heavy atom. The molecule has 0 saturated carbocycles. The summed E-state index contributed by atoms with van der Waals surface area (Å²) < 4.78 is 10.7. The zero-order valence-electron chi connectivity index (χ0n) is 12.9. The number of likely N-dealkylation sites (tertiary alicyclic amines) is 1. The van der Waals surface area contributed by atoms with Crippen molar-refractivity contribution >= 4 is 0 Å². The van der Waals surface area contributed by atoms with Crippen molar-refractivity contribution < 1.29 is 14.6 Å². The highest BCUT2D eigenvalue weighted by Gasteiger charge is 2.17. The van der Waals surface area contributed by atoms with E-state index in [4.69, 9.17) is 9.47 Å². The van der Waals surface area contributed by atoms with Gasteiger partial charge in [0, 0.05) is 18.7 Å². The standard InChI is InChI=1S/C16H26N2O3/c1-18-8-6-13(7-9-18)17-11-14(19)12-21-16-5-3-4-15(10-16)20-2/h3-5,10,13-14,17,19H,6-9,11-12H2,1-2H3. The van der Waals surface area contributed by atoms with E-state index >= 15 is 0 Å². The van der Waals surface area contributed by atoms with Gasteiger partial charge < -0.3 is 24.8 Å². The Kier molecular flexibility index (Phi) is 6.29. The SMILES string of the molecule is COc1cccc(OCC(O)CNC2CCN(C)CC2)c1. The van der Waals surface area contributed by atoms with Crippen LogP contribution in [-0.4, -0.2) is 62.6 Å². The van der Waals surface area contributed by atoms with Crippen molar-refractivity contribution in [2.45, 2.75) is 25.0 Å². The van der Waals surface area contributed by atoms with Crippen molar-refractivity contribution in [3.05, 3.63) is 24.3 Å². The van der Waals surface area contributed by atoms with E-state index in [0.29, 0.717) is 18.3 Å². The zero-order chi connectivity index (χ0) is 15.1. The summed E-state index contributed by atoms with van der Waals surface area (Å²) in [6, 6.07) is 7.92. The Bertz CT molecular complexity index is 420. The first-order valence-corrected chi connectivity index (χ1v) is 7.54. The average molecular weight is 294 g/mol. The smallest absolute Gasteiger partial charge is 0.123 e. The molecule has 1 saturated heterocycles. The minimum Gasteiger partial charge on any atom is -0.497 e. The minimum absolute atomic E-state index is 0.285. The molecule has 0 bridgehead atoms. The predicted octanol–water partition coefficient (Wildman–Crippen LogP) is 1.12. The first-order chi connectivity index (χ1) is 10.2. The number of aliphatic hydroxyl groups is 1. The van der Waals surface area contributed by atoms with Crippen molar-refractivity contribution in [1.29, 1.82) is 0 Å². The van der Waals surface area contributed by atoms with Crippen molar-refractivity contribution in [3.63, 3.8) is 0 Å². The van der Waals surface area contributed by atoms with Crippen molar-refractivity contribution in [2.75, 3.05) is 40.4 Å². The second-order valence-electron chi connectivity index (χ2n) is 5.63. The highest BCUT2D eigenvalue weighted by molar-refractivity contribution is 5.32. The molecule has 5 heteroatoms. The first kappa shape index (κ1) is 16.1. The molecule has 1 aliphatic heterocycles. The van der Waals surface area contributed by atoms with Gasteiger partial charge in [0.15, 0.2) is 0 Å². The molecule has 1 aromatic carbocycles. The number of ether oxygens (including phenoxy) is 2. The van der Waals surface area contributed by atoms with Gasteiger partial charge >= 0.3 is 0 Å². The molecule has 0 radical (unpaired) electrons. The highest BCUT2D eigenvalue weighted by atomic mass is 16.5. The van der Waals surface area contributed by atoms with Crippen LogP contribution >= 0.6 is 0 Å². The van der Waals surface area contributed by atoms with Gasteiger partial charge in [-0.2, -0.15) is 0 Å². The number of aliphatic hydroxyl groups excluding tert-OH is 1. The molecule has 0 amide bonds. The van der Waals surface area contributed by atoms with Crippen LogP contribution in [0.15, 0.2) is 24.3 Å². The van der Waals surface area contributed by atoms with Crippen LogP contribution in [0.2, 0.25) is 0 Å². The summed E-state index contributed by atoms with van der Waals surface area (Å²) in [6.45, 7) is 3.09. The lowest BCUT2D eigenvalue weighted by Crippen LogP contribution is -2.44. The van der Waals surface area contributed by atoms with Gasteiger partial charge in [-0.3, -0.25) is 0 Å². The maximum Gasteiger partial charge on any atom is 0.123 e. The van der Waals surface area contributed by atoms with Gasteiger partial charge in [-0.1, -0.05) is 6.07 Å². The van der Waals surface area contributed by atoms with Gasteiger partial charge in [0.2, 0.25) is 0 Å². The van der Waals surface area contributed by atoms with Crippen LogP contribution in [0.3, 0.4) is 0 Å². The van der Waals surface area contributed by atoms with E-state index in [1.54, 1.807) is 7.11 Å². The second kappa shape index (κ2) is 8.22. The molecule has 5 nitrogen and oxygen atoms in total. The summed E-state index contributed by atoms with van der Waals surface area (Å²) in [5.74, 6) is 1.47. The van der Waals surface area contributed by atoms with E-state index < -0.39 is 6.10 Å². The predicted molar refractivity (Wildman–Crippen MR) is 83.0 cm³/mol. The quantitative estimate of drug-likeness (QED) is 0.789. The van der Waals surface area contributed by atoms with Gasteiger partial charge in [0.25, 0.3) is 0 Å². The number of nitrogens with one attached hydrogen (secondary N) is 1. The van der Waals surface area contributed by atoms with Crippen LogP contribution < -0.4 is 14.8 Å². The van der Waals surface area contributed by atoms with Crippen LogP contribution in [0.1, 0.15) is 12.8 Å². The van der Waals surface area contributed by atoms with E-state index in [-0.39, 0.29) is 6.61 Å². The van der Waals surface area contributed by atoms with Gasteiger partial charge in [0.1, 0.15) is 24.2 Å². The molecular formula is C16H26N2O3. The summed E-state index contributed by atoms with van der Waals surface area (Å²) in [5, 5.41) is 13.4. The number of rotatable bonds is 7. The lowest BCUT2D eigenvalue weighted by Gasteiger charge is -2.30. The van der Waals surface area contributed by atoms with Crippen molar-refractivity contribution in [1.82, 2.24) is 10.2 Å². The summed E-state index contributed by atoms with van der Waals surface area (Å²) in [6.07, 6.45) is 1.77. The van der Waals surface area contributed by atoms with Gasteiger partial charge in [0.05, 0.1) is 7.11 Å². The molecule has 118 valence electrons. The highest BCUT2D eigenvalue weighted by Crippen LogP contribution is 2.18. The van der Waals surface area contributed by atoms with E-state index in [2.05, 4.69) is 17.3 Å². The van der Waals surface area contributed by atoms with Crippen LogP contribution in [0.4, 0.5) is 0 Å². The van der Waals surface area contributed by atoms with E-state index in [0.717, 1.165) is 31.7 Å².